The number of halogens is 1. The van der Waals surface area contributed by atoms with E-state index in [9.17, 15) is 13.2 Å². The minimum absolute atomic E-state index is 0.0340. The van der Waals surface area contributed by atoms with Gasteiger partial charge in [0.2, 0.25) is 10.0 Å². The molecule has 1 heterocycles. The molecule has 0 spiro atoms. The Morgan fingerprint density at radius 2 is 2.04 bits per heavy atom. The van der Waals surface area contributed by atoms with E-state index in [1.165, 1.54) is 33.4 Å². The SMILES string of the molecule is CCN(CC)S(=O)(=O)c1cc(C(=O)Nc2c(C#N)cnn2C)ccc1Cl. The molecule has 26 heavy (non-hydrogen) atoms. The zero-order valence-corrected chi connectivity index (χ0v) is 16.1. The summed E-state index contributed by atoms with van der Waals surface area (Å²) in [6.07, 6.45) is 1.33. The molecule has 0 aliphatic rings. The highest BCUT2D eigenvalue weighted by Gasteiger charge is 2.26. The number of amides is 1. The van der Waals surface area contributed by atoms with Crippen molar-refractivity contribution in [2.45, 2.75) is 18.7 Å². The summed E-state index contributed by atoms with van der Waals surface area (Å²) in [7, 11) is -2.24. The number of aryl methyl sites for hydroxylation is 1. The molecule has 2 rings (SSSR count). The summed E-state index contributed by atoms with van der Waals surface area (Å²) in [6, 6.07) is 5.94. The quantitative estimate of drug-likeness (QED) is 0.806. The minimum atomic E-state index is -3.82. The van der Waals surface area contributed by atoms with Crippen LogP contribution in [0.1, 0.15) is 29.8 Å². The van der Waals surface area contributed by atoms with Crippen molar-refractivity contribution in [2.75, 3.05) is 18.4 Å². The Balaban J connectivity index is 2.42. The zero-order valence-electron chi connectivity index (χ0n) is 14.5. The van der Waals surface area contributed by atoms with Crippen LogP contribution >= 0.6 is 11.6 Å². The van der Waals surface area contributed by atoms with E-state index in [1.807, 2.05) is 6.07 Å². The number of hydrogen-bond donors (Lipinski definition) is 1. The second-order valence-electron chi connectivity index (χ2n) is 5.33. The summed E-state index contributed by atoms with van der Waals surface area (Å²) in [6.45, 7) is 4.01. The number of carbonyl (C=O) groups is 1. The first kappa shape index (κ1) is 19.9. The van der Waals surface area contributed by atoms with Gasteiger partial charge in [0.25, 0.3) is 5.91 Å². The van der Waals surface area contributed by atoms with Gasteiger partial charge in [-0.25, -0.2) is 8.42 Å². The van der Waals surface area contributed by atoms with Crippen molar-refractivity contribution in [1.29, 1.82) is 5.26 Å². The number of aromatic nitrogens is 2. The Labute approximate surface area is 157 Å². The molecule has 0 aliphatic heterocycles. The van der Waals surface area contributed by atoms with E-state index in [0.717, 1.165) is 0 Å². The van der Waals surface area contributed by atoms with E-state index in [4.69, 9.17) is 16.9 Å². The third kappa shape index (κ3) is 3.72. The van der Waals surface area contributed by atoms with Gasteiger partial charge in [-0.15, -0.1) is 0 Å². The third-order valence-corrected chi connectivity index (χ3v) is 6.34. The van der Waals surface area contributed by atoms with Crippen LogP contribution in [0, 0.1) is 11.3 Å². The van der Waals surface area contributed by atoms with Crippen LogP contribution in [0.2, 0.25) is 5.02 Å². The van der Waals surface area contributed by atoms with E-state index >= 15 is 0 Å². The normalized spacial score (nSPS) is 11.4. The highest BCUT2D eigenvalue weighted by Crippen LogP contribution is 2.26. The standard InChI is InChI=1S/C16H18ClN5O3S/c1-4-22(5-2)26(24,25)14-8-11(6-7-13(14)17)16(23)20-15-12(9-18)10-19-21(15)3/h6-8,10H,4-5H2,1-3H3,(H,20,23). The van der Waals surface area contributed by atoms with Crippen LogP contribution < -0.4 is 5.32 Å². The van der Waals surface area contributed by atoms with Gasteiger partial charge in [-0.2, -0.15) is 14.7 Å². The van der Waals surface area contributed by atoms with Crippen LogP contribution in [0.15, 0.2) is 29.3 Å². The Bertz CT molecular complexity index is 974. The molecule has 0 unspecified atom stereocenters. The van der Waals surface area contributed by atoms with Gasteiger partial charge in [-0.3, -0.25) is 9.48 Å². The summed E-state index contributed by atoms with van der Waals surface area (Å²) in [5.41, 5.74) is 0.302. The van der Waals surface area contributed by atoms with Gasteiger partial charge in [0, 0.05) is 25.7 Å². The number of sulfonamides is 1. The molecule has 2 aromatic rings. The monoisotopic (exact) mass is 395 g/mol. The second kappa shape index (κ2) is 7.86. The van der Waals surface area contributed by atoms with Crippen molar-refractivity contribution in [1.82, 2.24) is 14.1 Å². The maximum Gasteiger partial charge on any atom is 0.256 e. The molecule has 0 bridgehead atoms. The molecule has 0 saturated heterocycles. The number of nitrogens with one attached hydrogen (secondary N) is 1. The molecule has 0 fully saturated rings. The predicted molar refractivity (Wildman–Crippen MR) is 97.4 cm³/mol. The van der Waals surface area contributed by atoms with Crippen molar-refractivity contribution in [3.05, 3.63) is 40.5 Å². The van der Waals surface area contributed by atoms with Crippen molar-refractivity contribution in [2.24, 2.45) is 7.05 Å². The zero-order chi connectivity index (χ0) is 19.5. The largest absolute Gasteiger partial charge is 0.306 e. The van der Waals surface area contributed by atoms with Gasteiger partial charge in [-0.05, 0) is 18.2 Å². The lowest BCUT2D eigenvalue weighted by molar-refractivity contribution is 0.102. The van der Waals surface area contributed by atoms with Crippen molar-refractivity contribution in [3.8, 4) is 6.07 Å². The number of benzene rings is 1. The van der Waals surface area contributed by atoms with Gasteiger partial charge >= 0.3 is 0 Å². The molecular formula is C16H18ClN5O3S. The van der Waals surface area contributed by atoms with E-state index in [1.54, 1.807) is 20.9 Å². The number of carbonyl (C=O) groups excluding carboxylic acids is 1. The average molecular weight is 396 g/mol. The van der Waals surface area contributed by atoms with Crippen LogP contribution in [0.3, 0.4) is 0 Å². The Morgan fingerprint density at radius 3 is 2.62 bits per heavy atom. The molecule has 1 N–H and O–H groups in total. The van der Waals surface area contributed by atoms with Gasteiger partial charge in [0.1, 0.15) is 22.3 Å². The number of rotatable bonds is 6. The van der Waals surface area contributed by atoms with Gasteiger partial charge in [0.05, 0.1) is 11.2 Å². The predicted octanol–water partition coefficient (Wildman–Crippen LogP) is 2.23. The molecule has 1 amide bonds. The molecule has 138 valence electrons. The van der Waals surface area contributed by atoms with Gasteiger partial charge in [-0.1, -0.05) is 25.4 Å². The summed E-state index contributed by atoms with van der Waals surface area (Å²) < 4.78 is 28.0. The topological polar surface area (TPSA) is 108 Å². The highest BCUT2D eigenvalue weighted by atomic mass is 35.5. The summed E-state index contributed by atoms with van der Waals surface area (Å²) in [4.78, 5) is 12.4. The average Bonchev–Trinajstić information content (AvgIpc) is 2.95. The lowest BCUT2D eigenvalue weighted by Crippen LogP contribution is -2.31. The maximum absolute atomic E-state index is 12.7. The third-order valence-electron chi connectivity index (χ3n) is 3.81. The number of nitrogens with zero attached hydrogens (tertiary/aromatic N) is 4. The second-order valence-corrected chi connectivity index (χ2v) is 7.64. The van der Waals surface area contributed by atoms with Crippen molar-refractivity contribution < 1.29 is 13.2 Å². The van der Waals surface area contributed by atoms with Crippen LogP contribution in [0.4, 0.5) is 5.82 Å². The van der Waals surface area contributed by atoms with Crippen molar-refractivity contribution >= 4 is 33.3 Å². The first-order chi connectivity index (χ1) is 12.3. The summed E-state index contributed by atoms with van der Waals surface area (Å²) in [5, 5.41) is 15.6. The van der Waals surface area contributed by atoms with Crippen LogP contribution in [0.25, 0.3) is 0 Å². The Morgan fingerprint density at radius 1 is 1.38 bits per heavy atom. The molecule has 0 saturated carbocycles. The molecule has 8 nitrogen and oxygen atoms in total. The first-order valence-electron chi connectivity index (χ1n) is 7.79. The molecular weight excluding hydrogens is 378 g/mol. The van der Waals surface area contributed by atoms with Crippen molar-refractivity contribution in [3.63, 3.8) is 0 Å². The number of anilines is 1. The van der Waals surface area contributed by atoms with E-state index in [-0.39, 0.29) is 40.0 Å². The minimum Gasteiger partial charge on any atom is -0.306 e. The summed E-state index contributed by atoms with van der Waals surface area (Å²) >= 11 is 6.06. The van der Waals surface area contributed by atoms with E-state index in [0.29, 0.717) is 0 Å². The fourth-order valence-electron chi connectivity index (χ4n) is 2.39. The Hall–Kier alpha value is -2.41. The molecule has 10 heteroatoms. The number of hydrogen-bond acceptors (Lipinski definition) is 5. The fourth-order valence-corrected chi connectivity index (χ4v) is 4.35. The first-order valence-corrected chi connectivity index (χ1v) is 9.61. The van der Waals surface area contributed by atoms with Crippen LogP contribution in [-0.2, 0) is 17.1 Å². The highest BCUT2D eigenvalue weighted by molar-refractivity contribution is 7.89. The molecule has 1 aromatic carbocycles. The fraction of sp³-hybridized carbons (Fsp3) is 0.312. The van der Waals surface area contributed by atoms with Gasteiger partial charge < -0.3 is 5.32 Å². The molecule has 0 atom stereocenters. The molecule has 1 aromatic heterocycles. The van der Waals surface area contributed by atoms with E-state index in [2.05, 4.69) is 10.4 Å². The molecule has 0 radical (unpaired) electrons. The smallest absolute Gasteiger partial charge is 0.256 e. The van der Waals surface area contributed by atoms with E-state index < -0.39 is 15.9 Å². The Kier molecular flexibility index (Phi) is 6.02. The molecule has 0 aliphatic carbocycles. The van der Waals surface area contributed by atoms with Crippen LogP contribution in [0.5, 0.6) is 0 Å². The lowest BCUT2D eigenvalue weighted by atomic mass is 10.2. The summed E-state index contributed by atoms with van der Waals surface area (Å²) in [5.74, 6) is -0.349. The van der Waals surface area contributed by atoms with Gasteiger partial charge in [0.15, 0.2) is 0 Å². The maximum atomic E-state index is 12.7. The lowest BCUT2D eigenvalue weighted by Gasteiger charge is -2.19. The number of nitriles is 1. The van der Waals surface area contributed by atoms with Crippen LogP contribution in [-0.4, -0.2) is 41.5 Å².